The fraction of sp³-hybridized carbons (Fsp3) is 0.316. The van der Waals surface area contributed by atoms with Crippen molar-refractivity contribution in [1.29, 1.82) is 0 Å². The number of halogens is 4. The van der Waals surface area contributed by atoms with Crippen LogP contribution in [0.1, 0.15) is 29.2 Å². The van der Waals surface area contributed by atoms with Gasteiger partial charge in [-0.2, -0.15) is 13.2 Å². The Morgan fingerprint density at radius 1 is 1.07 bits per heavy atom. The minimum atomic E-state index is -4.38. The maximum atomic E-state index is 13.9. The van der Waals surface area contributed by atoms with Crippen LogP contribution in [0.5, 0.6) is 0 Å². The summed E-state index contributed by atoms with van der Waals surface area (Å²) in [5.74, 6) is -0.485. The van der Waals surface area contributed by atoms with Crippen molar-refractivity contribution < 1.29 is 27.5 Å². The lowest BCUT2D eigenvalue weighted by molar-refractivity contribution is -0.137. The minimum Gasteiger partial charge on any atom is -0.396 e. The van der Waals surface area contributed by atoms with Crippen LogP contribution in [0.3, 0.4) is 0 Å². The Hall–Kier alpha value is -2.61. The number of benzene rings is 2. The lowest BCUT2D eigenvalue weighted by atomic mass is 10.0. The fourth-order valence-corrected chi connectivity index (χ4v) is 2.58. The zero-order chi connectivity index (χ0) is 19.9. The van der Waals surface area contributed by atoms with E-state index in [9.17, 15) is 22.4 Å². The third-order valence-corrected chi connectivity index (χ3v) is 3.98. The van der Waals surface area contributed by atoms with Gasteiger partial charge in [-0.25, -0.2) is 9.18 Å². The summed E-state index contributed by atoms with van der Waals surface area (Å²) < 4.78 is 51.4. The molecule has 0 aliphatic rings. The molecule has 0 aliphatic heterocycles. The quantitative estimate of drug-likeness (QED) is 0.636. The smallest absolute Gasteiger partial charge is 0.396 e. The number of hydrogen-bond donors (Lipinski definition) is 3. The number of carbonyl (C=O) groups excluding carboxylic acids is 1. The van der Waals surface area contributed by atoms with Gasteiger partial charge in [0.15, 0.2) is 0 Å². The average molecular weight is 384 g/mol. The fourth-order valence-electron chi connectivity index (χ4n) is 2.58. The van der Waals surface area contributed by atoms with Crippen molar-refractivity contribution >= 4 is 6.03 Å². The number of hydrogen-bond acceptors (Lipinski definition) is 2. The zero-order valence-electron chi connectivity index (χ0n) is 14.4. The molecule has 0 bridgehead atoms. The average Bonchev–Trinajstić information content (AvgIpc) is 2.61. The summed E-state index contributed by atoms with van der Waals surface area (Å²) >= 11 is 0. The largest absolute Gasteiger partial charge is 0.416 e. The summed E-state index contributed by atoms with van der Waals surface area (Å²) in [6.07, 6.45) is -3.89. The summed E-state index contributed by atoms with van der Waals surface area (Å²) in [6, 6.07) is 9.40. The van der Waals surface area contributed by atoms with E-state index in [1.807, 2.05) is 0 Å². The molecule has 0 aliphatic carbocycles. The van der Waals surface area contributed by atoms with Gasteiger partial charge in [-0.1, -0.05) is 30.3 Å². The molecule has 8 heteroatoms. The third kappa shape index (κ3) is 6.25. The Balaban J connectivity index is 1.86. The maximum Gasteiger partial charge on any atom is 0.416 e. The molecular weight excluding hydrogens is 364 g/mol. The number of carbonyl (C=O) groups is 1. The minimum absolute atomic E-state index is 0.146. The second-order valence-corrected chi connectivity index (χ2v) is 5.93. The van der Waals surface area contributed by atoms with E-state index in [1.54, 1.807) is 6.07 Å². The first-order chi connectivity index (χ1) is 12.8. The summed E-state index contributed by atoms with van der Waals surface area (Å²) in [5, 5.41) is 14.3. The molecule has 0 fully saturated rings. The molecule has 3 N–H and O–H groups in total. The van der Waals surface area contributed by atoms with Crippen LogP contribution in [0.15, 0.2) is 48.5 Å². The van der Waals surface area contributed by atoms with Crippen LogP contribution in [0.4, 0.5) is 22.4 Å². The van der Waals surface area contributed by atoms with Crippen molar-refractivity contribution in [2.45, 2.75) is 25.1 Å². The predicted molar refractivity (Wildman–Crippen MR) is 92.5 cm³/mol. The van der Waals surface area contributed by atoms with E-state index in [-0.39, 0.29) is 25.1 Å². The van der Waals surface area contributed by atoms with Gasteiger partial charge in [-0.05, 0) is 36.6 Å². The van der Waals surface area contributed by atoms with Gasteiger partial charge in [0, 0.05) is 18.7 Å². The van der Waals surface area contributed by atoms with Gasteiger partial charge < -0.3 is 15.7 Å². The van der Waals surface area contributed by atoms with E-state index in [2.05, 4.69) is 10.6 Å². The normalized spacial score (nSPS) is 12.5. The number of rotatable bonds is 7. The molecule has 2 amide bonds. The van der Waals surface area contributed by atoms with Gasteiger partial charge in [0.2, 0.25) is 0 Å². The number of aliphatic hydroxyl groups excluding tert-OH is 1. The number of alkyl halides is 3. The Morgan fingerprint density at radius 3 is 2.33 bits per heavy atom. The van der Waals surface area contributed by atoms with E-state index in [0.717, 1.165) is 12.1 Å². The molecule has 1 atom stereocenters. The van der Waals surface area contributed by atoms with E-state index >= 15 is 0 Å². The van der Waals surface area contributed by atoms with E-state index < -0.39 is 29.6 Å². The van der Waals surface area contributed by atoms with E-state index in [4.69, 9.17) is 5.11 Å². The molecule has 146 valence electrons. The van der Waals surface area contributed by atoms with Gasteiger partial charge >= 0.3 is 12.2 Å². The lowest BCUT2D eigenvalue weighted by Crippen LogP contribution is -2.39. The third-order valence-electron chi connectivity index (χ3n) is 3.98. The van der Waals surface area contributed by atoms with Crippen molar-refractivity contribution in [3.63, 3.8) is 0 Å². The highest BCUT2D eigenvalue weighted by atomic mass is 19.4. The van der Waals surface area contributed by atoms with Crippen molar-refractivity contribution in [2.24, 2.45) is 0 Å². The summed E-state index contributed by atoms with van der Waals surface area (Å²) in [7, 11) is 0. The molecule has 0 radical (unpaired) electrons. The van der Waals surface area contributed by atoms with Crippen molar-refractivity contribution in [1.82, 2.24) is 10.6 Å². The highest BCUT2D eigenvalue weighted by Crippen LogP contribution is 2.29. The molecule has 27 heavy (non-hydrogen) atoms. The molecule has 0 saturated carbocycles. The molecule has 2 rings (SSSR count). The second kappa shape index (κ2) is 9.36. The lowest BCUT2D eigenvalue weighted by Gasteiger charge is -2.19. The molecule has 0 saturated heterocycles. The zero-order valence-corrected chi connectivity index (χ0v) is 14.4. The Morgan fingerprint density at radius 2 is 1.74 bits per heavy atom. The van der Waals surface area contributed by atoms with Crippen LogP contribution in [0.2, 0.25) is 0 Å². The Labute approximate surface area is 154 Å². The summed E-state index contributed by atoms with van der Waals surface area (Å²) in [6.45, 7) is -0.0366. The number of nitrogens with one attached hydrogen (secondary N) is 2. The topological polar surface area (TPSA) is 61.4 Å². The highest BCUT2D eigenvalue weighted by molar-refractivity contribution is 5.74. The number of aliphatic hydroxyl groups is 1. The maximum absolute atomic E-state index is 13.9. The Bertz CT molecular complexity index is 748. The second-order valence-electron chi connectivity index (χ2n) is 5.93. The van der Waals surface area contributed by atoms with Gasteiger partial charge in [0.05, 0.1) is 11.6 Å². The van der Waals surface area contributed by atoms with Gasteiger partial charge in [-0.3, -0.25) is 0 Å². The molecule has 0 aromatic heterocycles. The van der Waals surface area contributed by atoms with Crippen molar-refractivity contribution in [3.8, 4) is 0 Å². The summed E-state index contributed by atoms with van der Waals surface area (Å²) in [5.41, 5.74) is 0.183. The van der Waals surface area contributed by atoms with Crippen LogP contribution in [0, 0.1) is 5.82 Å². The van der Waals surface area contributed by atoms with E-state index in [0.29, 0.717) is 12.0 Å². The highest BCUT2D eigenvalue weighted by Gasteiger charge is 2.29. The van der Waals surface area contributed by atoms with Crippen LogP contribution in [0.25, 0.3) is 0 Å². The van der Waals surface area contributed by atoms with Crippen LogP contribution in [-0.2, 0) is 12.6 Å². The molecule has 0 spiro atoms. The monoisotopic (exact) mass is 384 g/mol. The van der Waals surface area contributed by atoms with Crippen LogP contribution in [-0.4, -0.2) is 24.3 Å². The van der Waals surface area contributed by atoms with Crippen molar-refractivity contribution in [3.05, 3.63) is 71.0 Å². The summed E-state index contributed by atoms with van der Waals surface area (Å²) in [4.78, 5) is 12.0. The SMILES string of the molecule is O=C(NCCc1ccc(C(F)(F)F)cc1)NC(CCO)c1ccccc1F. The first kappa shape index (κ1) is 20.7. The standard InChI is InChI=1S/C19H20F4N2O2/c20-16-4-2-1-3-15(16)17(10-12-26)25-18(27)24-11-9-13-5-7-14(8-6-13)19(21,22)23/h1-8,17,26H,9-12H2,(H2,24,25,27). The molecule has 2 aromatic rings. The van der Waals surface area contributed by atoms with E-state index in [1.165, 1.54) is 30.3 Å². The molecular formula is C19H20F4N2O2. The van der Waals surface area contributed by atoms with Gasteiger partial charge in [-0.15, -0.1) is 0 Å². The number of amides is 2. The molecule has 1 unspecified atom stereocenters. The Kier molecular flexibility index (Phi) is 7.18. The first-order valence-electron chi connectivity index (χ1n) is 8.37. The predicted octanol–water partition coefficient (Wildman–Crippen LogP) is 3.81. The van der Waals surface area contributed by atoms with Crippen LogP contribution >= 0.6 is 0 Å². The first-order valence-corrected chi connectivity index (χ1v) is 8.37. The molecule has 4 nitrogen and oxygen atoms in total. The van der Waals surface area contributed by atoms with Gasteiger partial charge in [0.1, 0.15) is 5.82 Å². The van der Waals surface area contributed by atoms with Gasteiger partial charge in [0.25, 0.3) is 0 Å². The van der Waals surface area contributed by atoms with Crippen molar-refractivity contribution in [2.75, 3.05) is 13.2 Å². The van der Waals surface area contributed by atoms with Crippen LogP contribution < -0.4 is 10.6 Å². The molecule has 0 heterocycles. The molecule has 2 aromatic carbocycles. The number of urea groups is 1.